The van der Waals surface area contributed by atoms with Crippen LogP contribution in [0.4, 0.5) is 5.69 Å². The zero-order valence-electron chi connectivity index (χ0n) is 13.8. The molecule has 0 saturated carbocycles. The quantitative estimate of drug-likeness (QED) is 0.706. The van der Waals surface area contributed by atoms with E-state index in [2.05, 4.69) is 31.5 Å². The van der Waals surface area contributed by atoms with Crippen molar-refractivity contribution in [3.8, 4) is 0 Å². The molecule has 0 aliphatic heterocycles. The van der Waals surface area contributed by atoms with Gasteiger partial charge in [-0.15, -0.1) is 0 Å². The van der Waals surface area contributed by atoms with Crippen LogP contribution in [-0.4, -0.2) is 27.7 Å². The lowest BCUT2D eigenvalue weighted by molar-refractivity contribution is -0.115. The van der Waals surface area contributed by atoms with Gasteiger partial charge in [-0.1, -0.05) is 22.0 Å². The van der Waals surface area contributed by atoms with E-state index in [1.165, 1.54) is 0 Å². The Balaban J connectivity index is 1.63. The molecule has 25 heavy (non-hydrogen) atoms. The van der Waals surface area contributed by atoms with Gasteiger partial charge < -0.3 is 15.0 Å². The number of fused-ring (bicyclic) bond motifs is 1. The second-order valence-corrected chi connectivity index (χ2v) is 6.63. The summed E-state index contributed by atoms with van der Waals surface area (Å²) in [7, 11) is 0. The molecule has 0 bridgehead atoms. The summed E-state index contributed by atoms with van der Waals surface area (Å²) < 4.78 is 2.78. The van der Waals surface area contributed by atoms with Crippen molar-refractivity contribution in [3.63, 3.8) is 0 Å². The molecule has 2 aromatic heterocycles. The van der Waals surface area contributed by atoms with Crippen LogP contribution in [0, 0.1) is 13.8 Å². The van der Waals surface area contributed by atoms with Crippen molar-refractivity contribution in [1.29, 1.82) is 0 Å². The molecule has 3 rings (SSSR count). The smallest absolute Gasteiger partial charge is 0.271 e. The van der Waals surface area contributed by atoms with Gasteiger partial charge in [0.25, 0.3) is 5.91 Å². The van der Waals surface area contributed by atoms with Crippen LogP contribution < -0.4 is 10.6 Å². The van der Waals surface area contributed by atoms with Gasteiger partial charge >= 0.3 is 0 Å². The summed E-state index contributed by atoms with van der Waals surface area (Å²) >= 11 is 3.38. The summed E-state index contributed by atoms with van der Waals surface area (Å²) in [4.78, 5) is 28.5. The van der Waals surface area contributed by atoms with E-state index >= 15 is 0 Å². The monoisotopic (exact) mass is 400 g/mol. The number of carbonyl (C=O) groups excluding carboxylic acids is 2. The Kier molecular flexibility index (Phi) is 4.85. The molecular formula is C18H17BrN4O2. The Morgan fingerprint density at radius 1 is 1.20 bits per heavy atom. The van der Waals surface area contributed by atoms with E-state index in [4.69, 9.17) is 0 Å². The van der Waals surface area contributed by atoms with Gasteiger partial charge in [-0.2, -0.15) is 0 Å². The highest BCUT2D eigenvalue weighted by Crippen LogP contribution is 2.19. The number of benzene rings is 1. The third-order valence-corrected chi connectivity index (χ3v) is 4.29. The molecule has 0 radical (unpaired) electrons. The predicted molar refractivity (Wildman–Crippen MR) is 99.8 cm³/mol. The second kappa shape index (κ2) is 7.06. The van der Waals surface area contributed by atoms with Crippen LogP contribution in [0.1, 0.15) is 21.7 Å². The zero-order valence-corrected chi connectivity index (χ0v) is 15.4. The number of amides is 2. The number of halogens is 1. The van der Waals surface area contributed by atoms with E-state index in [0.29, 0.717) is 11.3 Å². The Bertz CT molecular complexity index is 965. The Morgan fingerprint density at radius 3 is 2.72 bits per heavy atom. The van der Waals surface area contributed by atoms with Crippen LogP contribution >= 0.6 is 15.9 Å². The first-order valence-electron chi connectivity index (χ1n) is 7.73. The van der Waals surface area contributed by atoms with Crippen LogP contribution in [0.5, 0.6) is 0 Å². The fraction of sp³-hybridized carbons (Fsp3) is 0.167. The van der Waals surface area contributed by atoms with Gasteiger partial charge in [-0.3, -0.25) is 9.59 Å². The summed E-state index contributed by atoms with van der Waals surface area (Å²) in [6.07, 6.45) is 1.66. The second-order valence-electron chi connectivity index (χ2n) is 5.71. The normalized spacial score (nSPS) is 10.7. The maximum absolute atomic E-state index is 12.2. The molecule has 0 saturated heterocycles. The van der Waals surface area contributed by atoms with E-state index in [9.17, 15) is 9.59 Å². The maximum atomic E-state index is 12.2. The third kappa shape index (κ3) is 3.88. The standard InChI is InChI=1S/C18H17BrN4O2/c1-11-8-13(19)6-7-14(11)22-17(24)9-20-18(25)15-10-23-12(2)4-3-5-16(23)21-15/h3-8,10H,9H2,1-2H3,(H,20,25)(H,22,24). The average molecular weight is 401 g/mol. The van der Waals surface area contributed by atoms with Gasteiger partial charge in [-0.25, -0.2) is 4.98 Å². The molecule has 2 heterocycles. The first kappa shape index (κ1) is 17.2. The van der Waals surface area contributed by atoms with E-state index in [-0.39, 0.29) is 24.1 Å². The van der Waals surface area contributed by atoms with Crippen molar-refractivity contribution in [1.82, 2.24) is 14.7 Å². The molecule has 6 nitrogen and oxygen atoms in total. The highest BCUT2D eigenvalue weighted by atomic mass is 79.9. The van der Waals surface area contributed by atoms with Gasteiger partial charge in [0, 0.05) is 22.1 Å². The van der Waals surface area contributed by atoms with Crippen LogP contribution in [-0.2, 0) is 4.79 Å². The molecule has 7 heteroatoms. The topological polar surface area (TPSA) is 75.5 Å². The van der Waals surface area contributed by atoms with Crippen molar-refractivity contribution in [2.24, 2.45) is 0 Å². The molecule has 0 unspecified atom stereocenters. The number of nitrogens with zero attached hydrogens (tertiary/aromatic N) is 2. The van der Waals surface area contributed by atoms with Crippen molar-refractivity contribution in [2.45, 2.75) is 13.8 Å². The molecule has 0 fully saturated rings. The van der Waals surface area contributed by atoms with Crippen molar-refractivity contribution < 1.29 is 9.59 Å². The van der Waals surface area contributed by atoms with Crippen LogP contribution in [0.2, 0.25) is 0 Å². The number of imidazole rings is 1. The lowest BCUT2D eigenvalue weighted by atomic mass is 10.2. The molecule has 2 N–H and O–H groups in total. The first-order valence-corrected chi connectivity index (χ1v) is 8.52. The van der Waals surface area contributed by atoms with E-state index in [1.807, 2.05) is 54.6 Å². The minimum absolute atomic E-state index is 0.124. The maximum Gasteiger partial charge on any atom is 0.271 e. The molecule has 128 valence electrons. The molecule has 3 aromatic rings. The highest BCUT2D eigenvalue weighted by Gasteiger charge is 2.13. The lowest BCUT2D eigenvalue weighted by Crippen LogP contribution is -2.33. The Labute approximate surface area is 153 Å². The molecule has 0 aliphatic carbocycles. The molecule has 1 aromatic carbocycles. The van der Waals surface area contributed by atoms with E-state index in [1.54, 1.807) is 6.20 Å². The molecule has 0 atom stereocenters. The Morgan fingerprint density at radius 2 is 2.00 bits per heavy atom. The van der Waals surface area contributed by atoms with Crippen LogP contribution in [0.25, 0.3) is 5.65 Å². The lowest BCUT2D eigenvalue weighted by Gasteiger charge is -2.09. The summed E-state index contributed by atoms with van der Waals surface area (Å²) in [6.45, 7) is 3.71. The van der Waals surface area contributed by atoms with Crippen LogP contribution in [0.15, 0.2) is 47.1 Å². The fourth-order valence-corrected chi connectivity index (χ4v) is 2.95. The summed E-state index contributed by atoms with van der Waals surface area (Å²) in [5.41, 5.74) is 3.60. The summed E-state index contributed by atoms with van der Waals surface area (Å²) in [5, 5.41) is 5.37. The number of hydrogen-bond acceptors (Lipinski definition) is 3. The SMILES string of the molecule is Cc1cc(Br)ccc1NC(=O)CNC(=O)c1cn2c(C)cccc2n1. The van der Waals surface area contributed by atoms with Crippen molar-refractivity contribution >= 4 is 39.1 Å². The predicted octanol–water partition coefficient (Wildman–Crippen LogP) is 3.08. The number of rotatable bonds is 4. The molecule has 0 spiro atoms. The number of pyridine rings is 1. The highest BCUT2D eigenvalue weighted by molar-refractivity contribution is 9.10. The van der Waals surface area contributed by atoms with Gasteiger partial charge in [0.15, 0.2) is 0 Å². The minimum Gasteiger partial charge on any atom is -0.342 e. The number of nitrogens with one attached hydrogen (secondary N) is 2. The minimum atomic E-state index is -0.384. The number of anilines is 1. The molecule has 2 amide bonds. The van der Waals surface area contributed by atoms with Crippen LogP contribution in [0.3, 0.4) is 0 Å². The average Bonchev–Trinajstić information content (AvgIpc) is 3.01. The summed E-state index contributed by atoms with van der Waals surface area (Å²) in [5.74, 6) is -0.676. The number of aromatic nitrogens is 2. The van der Waals surface area contributed by atoms with Gasteiger partial charge in [0.05, 0.1) is 6.54 Å². The number of carbonyl (C=O) groups is 2. The first-order chi connectivity index (χ1) is 11.9. The zero-order chi connectivity index (χ0) is 18.0. The van der Waals surface area contributed by atoms with Crippen molar-refractivity contribution in [2.75, 3.05) is 11.9 Å². The van der Waals surface area contributed by atoms with Gasteiger partial charge in [-0.05, 0) is 49.7 Å². The van der Waals surface area contributed by atoms with E-state index in [0.717, 1.165) is 15.7 Å². The molecular weight excluding hydrogens is 384 g/mol. The van der Waals surface area contributed by atoms with Gasteiger partial charge in [0.1, 0.15) is 11.3 Å². The molecule has 0 aliphatic rings. The largest absolute Gasteiger partial charge is 0.342 e. The van der Waals surface area contributed by atoms with E-state index < -0.39 is 0 Å². The fourth-order valence-electron chi connectivity index (χ4n) is 2.47. The van der Waals surface area contributed by atoms with Crippen molar-refractivity contribution in [3.05, 3.63) is 64.0 Å². The third-order valence-electron chi connectivity index (χ3n) is 3.80. The number of hydrogen-bond donors (Lipinski definition) is 2. The van der Waals surface area contributed by atoms with Gasteiger partial charge in [0.2, 0.25) is 5.91 Å². The summed E-state index contributed by atoms with van der Waals surface area (Å²) in [6, 6.07) is 11.2. The number of aryl methyl sites for hydroxylation is 2. The Hall–Kier alpha value is -2.67.